The largest absolute Gasteiger partial charge is 0.376 e. The van der Waals surface area contributed by atoms with E-state index >= 15 is 0 Å². The van der Waals surface area contributed by atoms with Gasteiger partial charge in [-0.25, -0.2) is 0 Å². The molecular weight excluding hydrogens is 238 g/mol. The fourth-order valence-electron chi connectivity index (χ4n) is 2.05. The minimum atomic E-state index is 0.0416. The van der Waals surface area contributed by atoms with Gasteiger partial charge in [0.2, 0.25) is 5.91 Å². The maximum atomic E-state index is 11.7. The van der Waals surface area contributed by atoms with Crippen molar-refractivity contribution in [1.82, 2.24) is 10.2 Å². The Morgan fingerprint density at radius 2 is 2.05 bits per heavy atom. The fourth-order valence-corrected chi connectivity index (χ4v) is 2.05. The quantitative estimate of drug-likeness (QED) is 0.785. The zero-order valence-electron chi connectivity index (χ0n) is 11.7. The number of likely N-dealkylation sites (N-methyl/N-ethyl adjacent to an activating group) is 1. The van der Waals surface area contributed by atoms with E-state index in [4.69, 9.17) is 0 Å². The first-order valence-electron chi connectivity index (χ1n) is 6.94. The fraction of sp³-hybridized carbons (Fsp3) is 0.533. The standard InChI is InChI=1S/C15H23N3O/c1-12(18(2)14-8-9-14)10-17-15(19)11-16-13-6-4-3-5-7-13/h3-7,12,14,16H,8-11H2,1-2H3,(H,17,19). The highest BCUT2D eigenvalue weighted by atomic mass is 16.1. The Kier molecular flexibility index (Phi) is 4.80. The Bertz CT molecular complexity index is 403. The van der Waals surface area contributed by atoms with E-state index in [1.807, 2.05) is 30.3 Å². The van der Waals surface area contributed by atoms with Gasteiger partial charge < -0.3 is 10.6 Å². The molecule has 0 saturated heterocycles. The smallest absolute Gasteiger partial charge is 0.239 e. The predicted molar refractivity (Wildman–Crippen MR) is 78.2 cm³/mol. The van der Waals surface area contributed by atoms with E-state index in [1.165, 1.54) is 12.8 Å². The number of carbonyl (C=O) groups is 1. The first kappa shape index (κ1) is 13.9. The van der Waals surface area contributed by atoms with E-state index in [2.05, 4.69) is 29.5 Å². The molecule has 1 atom stereocenters. The summed E-state index contributed by atoms with van der Waals surface area (Å²) < 4.78 is 0. The van der Waals surface area contributed by atoms with E-state index in [1.54, 1.807) is 0 Å². The average molecular weight is 261 g/mol. The Morgan fingerprint density at radius 3 is 2.68 bits per heavy atom. The zero-order chi connectivity index (χ0) is 13.7. The van der Waals surface area contributed by atoms with Crippen molar-refractivity contribution in [3.63, 3.8) is 0 Å². The normalized spacial score (nSPS) is 16.2. The van der Waals surface area contributed by atoms with Gasteiger partial charge >= 0.3 is 0 Å². The second-order valence-corrected chi connectivity index (χ2v) is 5.27. The minimum Gasteiger partial charge on any atom is -0.376 e. The molecule has 0 radical (unpaired) electrons. The third kappa shape index (κ3) is 4.56. The van der Waals surface area contributed by atoms with Gasteiger partial charge in [-0.2, -0.15) is 0 Å². The lowest BCUT2D eigenvalue weighted by molar-refractivity contribution is -0.119. The summed E-state index contributed by atoms with van der Waals surface area (Å²) in [6, 6.07) is 10.9. The van der Waals surface area contributed by atoms with E-state index in [9.17, 15) is 4.79 Å². The topological polar surface area (TPSA) is 44.4 Å². The molecule has 0 aromatic heterocycles. The molecule has 0 heterocycles. The molecule has 1 saturated carbocycles. The molecule has 4 nitrogen and oxygen atoms in total. The number of nitrogens with zero attached hydrogens (tertiary/aromatic N) is 1. The van der Waals surface area contributed by atoms with Crippen LogP contribution in [0.15, 0.2) is 30.3 Å². The number of hydrogen-bond donors (Lipinski definition) is 2. The monoisotopic (exact) mass is 261 g/mol. The molecule has 0 aliphatic heterocycles. The van der Waals surface area contributed by atoms with Gasteiger partial charge in [-0.05, 0) is 38.9 Å². The summed E-state index contributed by atoms with van der Waals surface area (Å²) in [6.07, 6.45) is 2.59. The molecule has 4 heteroatoms. The molecule has 2 N–H and O–H groups in total. The lowest BCUT2D eigenvalue weighted by atomic mass is 10.3. The molecule has 2 rings (SSSR count). The number of hydrogen-bond acceptors (Lipinski definition) is 3. The van der Waals surface area contributed by atoms with Crippen molar-refractivity contribution in [2.45, 2.75) is 31.8 Å². The molecule has 1 aliphatic carbocycles. The van der Waals surface area contributed by atoms with Crippen LogP contribution in [-0.2, 0) is 4.79 Å². The van der Waals surface area contributed by atoms with Gasteiger partial charge in [0.15, 0.2) is 0 Å². The van der Waals surface area contributed by atoms with Crippen LogP contribution in [0.2, 0.25) is 0 Å². The van der Waals surface area contributed by atoms with Crippen LogP contribution < -0.4 is 10.6 Å². The van der Waals surface area contributed by atoms with Crippen molar-refractivity contribution in [2.75, 3.05) is 25.5 Å². The number of rotatable bonds is 7. The van der Waals surface area contributed by atoms with Crippen molar-refractivity contribution >= 4 is 11.6 Å². The van der Waals surface area contributed by atoms with Crippen LogP contribution in [-0.4, -0.2) is 43.0 Å². The number of benzene rings is 1. The van der Waals surface area contributed by atoms with E-state index in [-0.39, 0.29) is 5.91 Å². The number of anilines is 1. The summed E-state index contributed by atoms with van der Waals surface area (Å²) in [6.45, 7) is 3.19. The van der Waals surface area contributed by atoms with Crippen LogP contribution in [0.5, 0.6) is 0 Å². The van der Waals surface area contributed by atoms with Crippen molar-refractivity contribution in [3.8, 4) is 0 Å². The summed E-state index contributed by atoms with van der Waals surface area (Å²) >= 11 is 0. The summed E-state index contributed by atoms with van der Waals surface area (Å²) in [5.74, 6) is 0.0416. The predicted octanol–water partition coefficient (Wildman–Crippen LogP) is 1.70. The first-order valence-corrected chi connectivity index (χ1v) is 6.94. The number of nitrogens with one attached hydrogen (secondary N) is 2. The number of para-hydroxylation sites is 1. The van der Waals surface area contributed by atoms with Crippen LogP contribution in [0, 0.1) is 0 Å². The maximum absolute atomic E-state index is 11.7. The Balaban J connectivity index is 1.64. The van der Waals surface area contributed by atoms with Crippen molar-refractivity contribution in [3.05, 3.63) is 30.3 Å². The van der Waals surface area contributed by atoms with E-state index in [0.717, 1.165) is 11.7 Å². The molecule has 104 valence electrons. The molecule has 0 spiro atoms. The number of amides is 1. The highest BCUT2D eigenvalue weighted by molar-refractivity contribution is 5.80. The first-order chi connectivity index (χ1) is 9.16. The molecule has 0 bridgehead atoms. The lowest BCUT2D eigenvalue weighted by Gasteiger charge is -2.24. The van der Waals surface area contributed by atoms with Crippen LogP contribution in [0.1, 0.15) is 19.8 Å². The average Bonchev–Trinajstić information content (AvgIpc) is 3.27. The molecule has 1 aromatic carbocycles. The molecule has 1 amide bonds. The summed E-state index contributed by atoms with van der Waals surface area (Å²) in [5, 5.41) is 6.08. The van der Waals surface area contributed by atoms with Gasteiger partial charge in [0.05, 0.1) is 6.54 Å². The van der Waals surface area contributed by atoms with Gasteiger partial charge in [0.25, 0.3) is 0 Å². The Labute approximate surface area is 115 Å². The second kappa shape index (κ2) is 6.57. The van der Waals surface area contributed by atoms with Gasteiger partial charge in [-0.3, -0.25) is 9.69 Å². The highest BCUT2D eigenvalue weighted by Gasteiger charge is 2.28. The molecule has 1 fully saturated rings. The SMILES string of the molecule is CC(CNC(=O)CNc1ccccc1)N(C)C1CC1. The molecule has 1 unspecified atom stereocenters. The third-order valence-corrected chi connectivity index (χ3v) is 3.64. The zero-order valence-corrected chi connectivity index (χ0v) is 11.7. The van der Waals surface area contributed by atoms with Crippen molar-refractivity contribution < 1.29 is 4.79 Å². The van der Waals surface area contributed by atoms with Crippen molar-refractivity contribution in [2.24, 2.45) is 0 Å². The lowest BCUT2D eigenvalue weighted by Crippen LogP contribution is -2.42. The van der Waals surface area contributed by atoms with Gasteiger partial charge in [0.1, 0.15) is 0 Å². The number of carbonyl (C=O) groups excluding carboxylic acids is 1. The van der Waals surface area contributed by atoms with Crippen LogP contribution in [0.3, 0.4) is 0 Å². The van der Waals surface area contributed by atoms with Crippen LogP contribution in [0.4, 0.5) is 5.69 Å². The van der Waals surface area contributed by atoms with E-state index < -0.39 is 0 Å². The van der Waals surface area contributed by atoms with Crippen molar-refractivity contribution in [1.29, 1.82) is 0 Å². The maximum Gasteiger partial charge on any atom is 0.239 e. The second-order valence-electron chi connectivity index (χ2n) is 5.27. The molecule has 1 aliphatic rings. The molecule has 1 aromatic rings. The third-order valence-electron chi connectivity index (χ3n) is 3.64. The van der Waals surface area contributed by atoms with Gasteiger partial charge in [-0.1, -0.05) is 18.2 Å². The Hall–Kier alpha value is -1.55. The van der Waals surface area contributed by atoms with Crippen LogP contribution in [0.25, 0.3) is 0 Å². The highest BCUT2D eigenvalue weighted by Crippen LogP contribution is 2.26. The Morgan fingerprint density at radius 1 is 1.37 bits per heavy atom. The molecular formula is C15H23N3O. The summed E-state index contributed by atoms with van der Waals surface area (Å²) in [5.41, 5.74) is 0.973. The van der Waals surface area contributed by atoms with Gasteiger partial charge in [0, 0.05) is 24.3 Å². The summed E-state index contributed by atoms with van der Waals surface area (Å²) in [7, 11) is 2.14. The van der Waals surface area contributed by atoms with Crippen LogP contribution >= 0.6 is 0 Å². The summed E-state index contributed by atoms with van der Waals surface area (Å²) in [4.78, 5) is 14.1. The van der Waals surface area contributed by atoms with Gasteiger partial charge in [-0.15, -0.1) is 0 Å². The molecule has 19 heavy (non-hydrogen) atoms. The minimum absolute atomic E-state index is 0.0416. The van der Waals surface area contributed by atoms with E-state index in [0.29, 0.717) is 19.1 Å².